The Hall–Kier alpha value is -3.93. The molecule has 0 bridgehead atoms. The molecule has 56 heavy (non-hydrogen) atoms. The number of rotatable bonds is 10. The van der Waals surface area contributed by atoms with Crippen molar-refractivity contribution in [1.82, 2.24) is 0 Å². The molecule has 4 heterocycles. The van der Waals surface area contributed by atoms with E-state index in [1.54, 1.807) is 19.9 Å². The van der Waals surface area contributed by atoms with E-state index in [2.05, 4.69) is 0 Å². The van der Waals surface area contributed by atoms with Crippen LogP contribution in [0.4, 0.5) is 0 Å². The van der Waals surface area contributed by atoms with Crippen LogP contribution in [-0.2, 0) is 25.4 Å². The molecular formula is C37H46O19. The van der Waals surface area contributed by atoms with Crippen molar-refractivity contribution in [2.24, 2.45) is 0 Å². The highest BCUT2D eigenvalue weighted by Crippen LogP contribution is 2.42. The Morgan fingerprint density at radius 3 is 2.16 bits per heavy atom. The first-order valence-corrected chi connectivity index (χ1v) is 17.8. The zero-order valence-corrected chi connectivity index (χ0v) is 30.4. The molecule has 0 radical (unpaired) electrons. The molecule has 19 heteroatoms. The van der Waals surface area contributed by atoms with Crippen molar-refractivity contribution >= 4 is 11.0 Å². The van der Waals surface area contributed by atoms with Crippen LogP contribution < -0.4 is 14.9 Å². The molecule has 0 aliphatic carbocycles. The molecule has 3 aliphatic rings. The summed E-state index contributed by atoms with van der Waals surface area (Å²) in [5.74, 6) is -1.95. The van der Waals surface area contributed by atoms with Gasteiger partial charge in [-0.15, -0.1) is 0 Å². The number of aliphatic hydroxyl groups is 9. The number of aromatic hydroxyl groups is 2. The predicted octanol–water partition coefficient (Wildman–Crippen LogP) is -1.77. The van der Waals surface area contributed by atoms with Crippen LogP contribution in [0.2, 0.25) is 0 Å². The van der Waals surface area contributed by atoms with Crippen LogP contribution in [-0.4, -0.2) is 155 Å². The van der Waals surface area contributed by atoms with Crippen molar-refractivity contribution in [3.05, 3.63) is 57.8 Å². The van der Waals surface area contributed by atoms with E-state index in [0.29, 0.717) is 0 Å². The van der Waals surface area contributed by atoms with Gasteiger partial charge in [-0.25, -0.2) is 0 Å². The normalized spacial score (nSPS) is 34.9. The fourth-order valence-corrected chi connectivity index (χ4v) is 6.58. The minimum Gasteiger partial charge on any atom is -0.508 e. The monoisotopic (exact) mass is 794 g/mol. The molecule has 3 aliphatic heterocycles. The van der Waals surface area contributed by atoms with Crippen LogP contribution in [0, 0.1) is 0 Å². The van der Waals surface area contributed by atoms with Crippen LogP contribution >= 0.6 is 0 Å². The lowest BCUT2D eigenvalue weighted by molar-refractivity contribution is -0.341. The minimum atomic E-state index is -1.83. The van der Waals surface area contributed by atoms with Crippen molar-refractivity contribution in [3.63, 3.8) is 0 Å². The number of aliphatic hydroxyl groups excluding tert-OH is 9. The number of benzene rings is 2. The van der Waals surface area contributed by atoms with E-state index >= 15 is 0 Å². The van der Waals surface area contributed by atoms with Gasteiger partial charge in [-0.3, -0.25) is 4.79 Å². The zero-order valence-electron chi connectivity index (χ0n) is 30.4. The summed E-state index contributed by atoms with van der Waals surface area (Å²) in [7, 11) is 0. The van der Waals surface area contributed by atoms with E-state index in [1.807, 2.05) is 0 Å². The van der Waals surface area contributed by atoms with E-state index in [1.165, 1.54) is 31.2 Å². The Balaban J connectivity index is 1.49. The first-order chi connectivity index (χ1) is 26.5. The second-order valence-electron chi connectivity index (χ2n) is 14.2. The van der Waals surface area contributed by atoms with Crippen molar-refractivity contribution in [1.29, 1.82) is 0 Å². The van der Waals surface area contributed by atoms with Gasteiger partial charge in [-0.2, -0.15) is 0 Å². The molecule has 3 saturated heterocycles. The fourth-order valence-electron chi connectivity index (χ4n) is 6.58. The Bertz CT molecular complexity index is 1930. The number of fused-ring (bicyclic) bond motifs is 1. The van der Waals surface area contributed by atoms with Crippen LogP contribution in [0.3, 0.4) is 0 Å². The van der Waals surface area contributed by atoms with Crippen molar-refractivity contribution in [2.75, 3.05) is 13.2 Å². The molecule has 1 aromatic heterocycles. The van der Waals surface area contributed by atoms with Gasteiger partial charge in [0, 0.05) is 17.2 Å². The highest BCUT2D eigenvalue weighted by molar-refractivity contribution is 5.91. The Morgan fingerprint density at radius 2 is 1.50 bits per heavy atom. The third-order valence-electron chi connectivity index (χ3n) is 9.87. The number of hydrogen-bond acceptors (Lipinski definition) is 19. The number of phenolic OH excluding ortho intramolecular Hbond substituents is 2. The second kappa shape index (κ2) is 16.9. The molecule has 6 rings (SSSR count). The first-order valence-electron chi connectivity index (χ1n) is 17.8. The van der Waals surface area contributed by atoms with Gasteiger partial charge in [0.1, 0.15) is 83.2 Å². The molecular weight excluding hydrogens is 748 g/mol. The van der Waals surface area contributed by atoms with Crippen LogP contribution in [0.15, 0.2) is 51.2 Å². The Kier molecular flexibility index (Phi) is 12.6. The quantitative estimate of drug-likeness (QED) is 0.101. The van der Waals surface area contributed by atoms with Crippen LogP contribution in [0.25, 0.3) is 22.3 Å². The lowest BCUT2D eigenvalue weighted by Gasteiger charge is -2.44. The average Bonchev–Trinajstić information content (AvgIpc) is 3.16. The van der Waals surface area contributed by atoms with Gasteiger partial charge in [0.2, 0.25) is 23.8 Å². The summed E-state index contributed by atoms with van der Waals surface area (Å²) in [6.07, 6.45) is -21.2. The summed E-state index contributed by atoms with van der Waals surface area (Å²) in [4.78, 5) is 14.6. The van der Waals surface area contributed by atoms with E-state index in [0.717, 1.165) is 11.6 Å². The highest BCUT2D eigenvalue weighted by Gasteiger charge is 2.50. The van der Waals surface area contributed by atoms with Crippen molar-refractivity contribution in [3.8, 4) is 34.3 Å². The lowest BCUT2D eigenvalue weighted by atomic mass is 9.98. The lowest BCUT2D eigenvalue weighted by Crippen LogP contribution is -2.62. The Labute approximate surface area is 318 Å². The summed E-state index contributed by atoms with van der Waals surface area (Å²) < 4.78 is 40.9. The predicted molar refractivity (Wildman–Crippen MR) is 188 cm³/mol. The fraction of sp³-hybridized carbons (Fsp3) is 0.541. The summed E-state index contributed by atoms with van der Waals surface area (Å²) in [5, 5.41) is 115. The van der Waals surface area contributed by atoms with E-state index in [-0.39, 0.29) is 40.4 Å². The molecule has 3 fully saturated rings. The molecule has 0 spiro atoms. The van der Waals surface area contributed by atoms with Crippen LogP contribution in [0.5, 0.6) is 23.0 Å². The molecule has 0 saturated carbocycles. The first kappa shape index (κ1) is 41.7. The topological polar surface area (TPSA) is 308 Å². The summed E-state index contributed by atoms with van der Waals surface area (Å²) in [6, 6.07) is 6.37. The highest BCUT2D eigenvalue weighted by atomic mass is 16.8. The third kappa shape index (κ3) is 8.09. The van der Waals surface area contributed by atoms with Gasteiger partial charge in [-0.1, -0.05) is 11.6 Å². The van der Waals surface area contributed by atoms with Crippen molar-refractivity contribution in [2.45, 2.75) is 113 Å². The molecule has 308 valence electrons. The molecule has 2 aromatic carbocycles. The number of phenols is 2. The van der Waals surface area contributed by atoms with E-state index < -0.39 is 122 Å². The van der Waals surface area contributed by atoms with Gasteiger partial charge >= 0.3 is 0 Å². The molecule has 0 amide bonds. The third-order valence-corrected chi connectivity index (χ3v) is 9.87. The van der Waals surface area contributed by atoms with Gasteiger partial charge in [-0.05, 0) is 51.5 Å². The maximum absolute atomic E-state index is 14.6. The van der Waals surface area contributed by atoms with E-state index in [9.17, 15) is 61.0 Å². The molecule has 19 nitrogen and oxygen atoms in total. The summed E-state index contributed by atoms with van der Waals surface area (Å²) in [6.45, 7) is 3.78. The van der Waals surface area contributed by atoms with Crippen molar-refractivity contribution < 1.29 is 89.0 Å². The SMILES string of the molecule is CC(C)=CCc1c(OC2OC(CO)C(O)C(O)C2O)cc(O)c2c(=O)c(OC3OC(C)C(O)C(O)C3OC3OCC(O)C(O)C3O)c(-c3ccc(O)cc3)oc12. The van der Waals surface area contributed by atoms with Gasteiger partial charge < -0.3 is 89.0 Å². The molecule has 14 unspecified atom stereocenters. The molecule has 11 N–H and O–H groups in total. The van der Waals surface area contributed by atoms with Gasteiger partial charge in [0.25, 0.3) is 0 Å². The number of hydrogen-bond donors (Lipinski definition) is 11. The summed E-state index contributed by atoms with van der Waals surface area (Å²) in [5.41, 5.74) is -0.140. The second-order valence-corrected chi connectivity index (χ2v) is 14.2. The smallest absolute Gasteiger partial charge is 0.239 e. The maximum Gasteiger partial charge on any atom is 0.239 e. The Morgan fingerprint density at radius 1 is 0.821 bits per heavy atom. The average molecular weight is 795 g/mol. The summed E-state index contributed by atoms with van der Waals surface area (Å²) >= 11 is 0. The maximum atomic E-state index is 14.6. The standard InChI is InChI=1S/C37H46O19/c1-13(2)4-9-17-20(52-36-30(49)27(46)25(44)21(11-38)53-36)10-18(40)22-26(45)33(31(54-32(17)22)15-5-7-16(39)8-6-15)55-37-34(28(47)23(42)14(3)51-37)56-35-29(48)24(43)19(41)12-50-35/h4-8,10,14,19,21,23-25,27-30,34-44,46-49H,9,11-12H2,1-3H3. The molecule has 3 aromatic rings. The molecule has 14 atom stereocenters. The number of allylic oxidation sites excluding steroid dienone is 2. The zero-order chi connectivity index (χ0) is 40.7. The van der Waals surface area contributed by atoms with E-state index in [4.69, 9.17) is 32.8 Å². The van der Waals surface area contributed by atoms with Gasteiger partial charge in [0.15, 0.2) is 18.2 Å². The number of ether oxygens (including phenoxy) is 6. The van der Waals surface area contributed by atoms with Crippen LogP contribution in [0.1, 0.15) is 26.3 Å². The van der Waals surface area contributed by atoms with Gasteiger partial charge in [0.05, 0.1) is 19.3 Å². The minimum absolute atomic E-state index is 0.00244. The largest absolute Gasteiger partial charge is 0.508 e.